The van der Waals surface area contributed by atoms with Gasteiger partial charge >= 0.3 is 5.97 Å². The van der Waals surface area contributed by atoms with Crippen LogP contribution in [0.15, 0.2) is 81.9 Å². The molecule has 1 heterocycles. The second-order valence-electron chi connectivity index (χ2n) is 7.03. The number of carbonyl (C=O) groups is 1. The Morgan fingerprint density at radius 1 is 1.12 bits per heavy atom. The molecule has 32 heavy (non-hydrogen) atoms. The lowest BCUT2D eigenvalue weighted by atomic mass is 10.1. The minimum atomic E-state index is -0.619. The van der Waals surface area contributed by atoms with Gasteiger partial charge < -0.3 is 9.47 Å². The first kappa shape index (κ1) is 21.5. The molecule has 160 valence electrons. The van der Waals surface area contributed by atoms with Crippen molar-refractivity contribution in [2.24, 2.45) is 4.99 Å². The molecular formula is C24H17BrN2O5. The highest BCUT2D eigenvalue weighted by Crippen LogP contribution is 2.26. The highest BCUT2D eigenvalue weighted by Gasteiger charge is 2.27. The summed E-state index contributed by atoms with van der Waals surface area (Å²) in [4.78, 5) is 27.3. The van der Waals surface area contributed by atoms with Crippen molar-refractivity contribution < 1.29 is 19.2 Å². The van der Waals surface area contributed by atoms with E-state index in [-0.39, 0.29) is 17.3 Å². The summed E-state index contributed by atoms with van der Waals surface area (Å²) in [6.45, 7) is 1.99. The standard InChI is InChI=1S/C24H17BrN2O5/c1-15-20(9-4-10-22(15)27(29)30)23-26-21(24(28)32-23)13-16-5-3-8-19(12-16)31-14-17-6-2-7-18(25)11-17/h2-13H,14H2,1H3/b21-13-. The molecule has 3 aromatic carbocycles. The van der Waals surface area contributed by atoms with Crippen LogP contribution in [0.5, 0.6) is 5.75 Å². The summed E-state index contributed by atoms with van der Waals surface area (Å²) in [7, 11) is 0. The molecule has 0 fully saturated rings. The van der Waals surface area contributed by atoms with Crippen LogP contribution >= 0.6 is 15.9 Å². The minimum absolute atomic E-state index is 0.0458. The van der Waals surface area contributed by atoms with Crippen LogP contribution in [0, 0.1) is 17.0 Å². The Morgan fingerprint density at radius 3 is 2.69 bits per heavy atom. The Morgan fingerprint density at radius 2 is 1.91 bits per heavy atom. The maximum atomic E-state index is 12.3. The normalized spacial score (nSPS) is 14.2. The van der Waals surface area contributed by atoms with Gasteiger partial charge in [-0.15, -0.1) is 0 Å². The van der Waals surface area contributed by atoms with Crippen LogP contribution in [0.1, 0.15) is 22.3 Å². The van der Waals surface area contributed by atoms with Gasteiger partial charge in [0.1, 0.15) is 12.4 Å². The zero-order chi connectivity index (χ0) is 22.7. The molecule has 0 saturated heterocycles. The van der Waals surface area contributed by atoms with E-state index in [4.69, 9.17) is 9.47 Å². The van der Waals surface area contributed by atoms with E-state index in [2.05, 4.69) is 20.9 Å². The van der Waals surface area contributed by atoms with Crippen molar-refractivity contribution in [2.75, 3.05) is 0 Å². The summed E-state index contributed by atoms with van der Waals surface area (Å²) in [5.41, 5.74) is 2.56. The number of hydrogen-bond donors (Lipinski definition) is 0. The van der Waals surface area contributed by atoms with Crippen LogP contribution in [0.2, 0.25) is 0 Å². The van der Waals surface area contributed by atoms with Crippen molar-refractivity contribution in [3.8, 4) is 5.75 Å². The summed E-state index contributed by atoms with van der Waals surface area (Å²) in [6.07, 6.45) is 1.59. The lowest BCUT2D eigenvalue weighted by Gasteiger charge is -2.07. The van der Waals surface area contributed by atoms with Gasteiger partial charge in [0, 0.05) is 21.7 Å². The van der Waals surface area contributed by atoms with Gasteiger partial charge in [0.05, 0.1) is 4.92 Å². The molecule has 0 radical (unpaired) electrons. The van der Waals surface area contributed by atoms with Crippen molar-refractivity contribution in [2.45, 2.75) is 13.5 Å². The number of benzene rings is 3. The number of nitro groups is 1. The van der Waals surface area contributed by atoms with Crippen molar-refractivity contribution in [1.29, 1.82) is 0 Å². The fraction of sp³-hybridized carbons (Fsp3) is 0.0833. The number of ether oxygens (including phenoxy) is 2. The molecule has 0 atom stereocenters. The highest BCUT2D eigenvalue weighted by molar-refractivity contribution is 9.10. The first-order chi connectivity index (χ1) is 15.4. The van der Waals surface area contributed by atoms with Gasteiger partial charge in [-0.05, 0) is 54.5 Å². The van der Waals surface area contributed by atoms with Crippen LogP contribution in [-0.2, 0) is 16.1 Å². The van der Waals surface area contributed by atoms with Crippen LogP contribution in [-0.4, -0.2) is 16.8 Å². The average Bonchev–Trinajstić information content (AvgIpc) is 3.12. The molecule has 8 heteroatoms. The Labute approximate surface area is 192 Å². The van der Waals surface area contributed by atoms with E-state index in [1.54, 1.807) is 25.1 Å². The molecule has 7 nitrogen and oxygen atoms in total. The third-order valence-electron chi connectivity index (χ3n) is 4.81. The van der Waals surface area contributed by atoms with Gasteiger partial charge in [-0.25, -0.2) is 9.79 Å². The van der Waals surface area contributed by atoms with Crippen LogP contribution < -0.4 is 4.74 Å². The molecule has 0 aromatic heterocycles. The van der Waals surface area contributed by atoms with E-state index in [0.29, 0.717) is 29.0 Å². The maximum absolute atomic E-state index is 12.3. The molecule has 0 unspecified atom stereocenters. The Hall–Kier alpha value is -3.78. The number of halogens is 1. The Bertz CT molecular complexity index is 1280. The van der Waals surface area contributed by atoms with Crippen LogP contribution in [0.25, 0.3) is 6.08 Å². The number of rotatable bonds is 6. The average molecular weight is 493 g/mol. The van der Waals surface area contributed by atoms with Gasteiger partial charge in [-0.2, -0.15) is 0 Å². The number of nitrogens with zero attached hydrogens (tertiary/aromatic N) is 2. The van der Waals surface area contributed by atoms with Crippen molar-refractivity contribution in [3.05, 3.63) is 109 Å². The van der Waals surface area contributed by atoms with Crippen molar-refractivity contribution >= 4 is 39.6 Å². The molecule has 1 aliphatic heterocycles. The molecule has 0 bridgehead atoms. The van der Waals surface area contributed by atoms with Crippen LogP contribution in [0.4, 0.5) is 5.69 Å². The minimum Gasteiger partial charge on any atom is -0.489 e. The van der Waals surface area contributed by atoms with Gasteiger partial charge in [0.15, 0.2) is 5.70 Å². The van der Waals surface area contributed by atoms with E-state index < -0.39 is 10.9 Å². The lowest BCUT2D eigenvalue weighted by Crippen LogP contribution is -2.08. The molecule has 4 rings (SSSR count). The smallest absolute Gasteiger partial charge is 0.363 e. The molecule has 0 saturated carbocycles. The number of carbonyl (C=O) groups excluding carboxylic acids is 1. The molecular weight excluding hydrogens is 476 g/mol. The highest BCUT2D eigenvalue weighted by atomic mass is 79.9. The Balaban J connectivity index is 1.56. The van der Waals surface area contributed by atoms with E-state index >= 15 is 0 Å². The van der Waals surface area contributed by atoms with E-state index in [9.17, 15) is 14.9 Å². The van der Waals surface area contributed by atoms with Crippen LogP contribution in [0.3, 0.4) is 0 Å². The fourth-order valence-corrected chi connectivity index (χ4v) is 3.67. The van der Waals surface area contributed by atoms with E-state index in [1.807, 2.05) is 42.5 Å². The summed E-state index contributed by atoms with van der Waals surface area (Å²) >= 11 is 3.44. The first-order valence-electron chi connectivity index (χ1n) is 9.65. The van der Waals surface area contributed by atoms with Gasteiger partial charge in [-0.3, -0.25) is 10.1 Å². The molecule has 1 aliphatic rings. The largest absolute Gasteiger partial charge is 0.489 e. The number of cyclic esters (lactones) is 1. The van der Waals surface area contributed by atoms with E-state index in [1.165, 1.54) is 12.1 Å². The maximum Gasteiger partial charge on any atom is 0.363 e. The molecule has 0 spiro atoms. The lowest BCUT2D eigenvalue weighted by molar-refractivity contribution is -0.385. The monoisotopic (exact) mass is 492 g/mol. The summed E-state index contributed by atoms with van der Waals surface area (Å²) in [6, 6.07) is 19.7. The summed E-state index contributed by atoms with van der Waals surface area (Å²) < 4.78 is 12.1. The predicted octanol–water partition coefficient (Wildman–Crippen LogP) is 5.59. The molecule has 0 aliphatic carbocycles. The second kappa shape index (κ2) is 9.15. The first-order valence-corrected chi connectivity index (χ1v) is 10.4. The summed E-state index contributed by atoms with van der Waals surface area (Å²) in [5, 5.41) is 11.2. The fourth-order valence-electron chi connectivity index (χ4n) is 3.22. The number of aliphatic imine (C=N–C) groups is 1. The predicted molar refractivity (Wildman–Crippen MR) is 123 cm³/mol. The van der Waals surface area contributed by atoms with E-state index in [0.717, 1.165) is 10.0 Å². The third kappa shape index (κ3) is 4.76. The third-order valence-corrected chi connectivity index (χ3v) is 5.30. The number of nitro benzene ring substituents is 1. The molecule has 3 aromatic rings. The zero-order valence-electron chi connectivity index (χ0n) is 16.9. The van der Waals surface area contributed by atoms with Crippen molar-refractivity contribution in [3.63, 3.8) is 0 Å². The zero-order valence-corrected chi connectivity index (χ0v) is 18.5. The number of hydrogen-bond acceptors (Lipinski definition) is 6. The molecule has 0 N–H and O–H groups in total. The quantitative estimate of drug-likeness (QED) is 0.193. The Kier molecular flexibility index (Phi) is 6.13. The second-order valence-corrected chi connectivity index (χ2v) is 7.95. The van der Waals surface area contributed by atoms with Gasteiger partial charge in [0.2, 0.25) is 5.90 Å². The van der Waals surface area contributed by atoms with Gasteiger partial charge in [0.25, 0.3) is 5.69 Å². The topological polar surface area (TPSA) is 91.0 Å². The van der Waals surface area contributed by atoms with Crippen molar-refractivity contribution in [1.82, 2.24) is 0 Å². The van der Waals surface area contributed by atoms with Gasteiger partial charge in [-0.1, -0.05) is 46.3 Å². The molecule has 0 amide bonds. The SMILES string of the molecule is Cc1c(C2=N/C(=C\c3cccc(OCc4cccc(Br)c4)c3)C(=O)O2)cccc1[N+](=O)[O-]. The number of esters is 1. The summed E-state index contributed by atoms with van der Waals surface area (Å²) in [5.74, 6) is 0.0697.